The lowest BCUT2D eigenvalue weighted by Gasteiger charge is -2.03. The molecule has 0 spiro atoms. The van der Waals surface area contributed by atoms with Crippen LogP contribution in [-0.2, 0) is 19.6 Å². The van der Waals surface area contributed by atoms with Gasteiger partial charge in [-0.15, -0.1) is 0 Å². The zero-order valence-electron chi connectivity index (χ0n) is 10.7. The van der Waals surface area contributed by atoms with E-state index in [1.54, 1.807) is 7.11 Å². The minimum absolute atomic E-state index is 0.224. The molecular weight excluding hydrogens is 246 g/mol. The molecule has 0 saturated carbocycles. The van der Waals surface area contributed by atoms with Crippen molar-refractivity contribution in [1.82, 2.24) is 13.9 Å². The monoisotopic (exact) mass is 261 g/mol. The second-order valence-electron chi connectivity index (χ2n) is 4.60. The molecule has 100 valence electrons. The normalized spacial score (nSPS) is 13.5. The number of fused-ring (bicyclic) bond motifs is 1. The zero-order valence-corrected chi connectivity index (χ0v) is 10.7. The molecule has 0 atom stereocenters. The number of nitrogens with zero attached hydrogens (tertiary/aromatic N) is 3. The summed E-state index contributed by atoms with van der Waals surface area (Å²) in [7, 11) is 1.60. The molecule has 1 aromatic heterocycles. The van der Waals surface area contributed by atoms with Crippen molar-refractivity contribution in [3.05, 3.63) is 50.8 Å². The molecule has 2 aromatic rings. The van der Waals surface area contributed by atoms with Crippen molar-refractivity contribution in [2.24, 2.45) is 0 Å². The van der Waals surface area contributed by atoms with E-state index in [0.717, 1.165) is 17.7 Å². The van der Waals surface area contributed by atoms with Crippen LogP contribution < -0.4 is 16.1 Å². The minimum Gasteiger partial charge on any atom is -0.497 e. The van der Waals surface area contributed by atoms with Crippen molar-refractivity contribution in [3.8, 4) is 5.75 Å². The van der Waals surface area contributed by atoms with Crippen LogP contribution in [0.1, 0.15) is 12.0 Å². The summed E-state index contributed by atoms with van der Waals surface area (Å²) in [6.07, 6.45) is 0.855. The lowest BCUT2D eigenvalue weighted by atomic mass is 10.2. The van der Waals surface area contributed by atoms with Crippen LogP contribution in [-0.4, -0.2) is 21.0 Å². The summed E-state index contributed by atoms with van der Waals surface area (Å²) in [5.41, 5.74) is 0.460. The molecule has 6 heteroatoms. The summed E-state index contributed by atoms with van der Waals surface area (Å²) in [5, 5.41) is 0. The second kappa shape index (κ2) is 4.46. The summed E-state index contributed by atoms with van der Waals surface area (Å²) in [6, 6.07) is 7.36. The maximum atomic E-state index is 12.1. The molecule has 0 fully saturated rings. The second-order valence-corrected chi connectivity index (χ2v) is 4.60. The van der Waals surface area contributed by atoms with Gasteiger partial charge in [0.25, 0.3) is 0 Å². The van der Waals surface area contributed by atoms with Crippen LogP contribution in [0.25, 0.3) is 0 Å². The molecule has 0 bridgehead atoms. The first-order valence-corrected chi connectivity index (χ1v) is 6.24. The van der Waals surface area contributed by atoms with Crippen LogP contribution in [0.5, 0.6) is 5.75 Å². The average Bonchev–Trinajstić information content (AvgIpc) is 3.00. The number of rotatable bonds is 3. The smallest absolute Gasteiger partial charge is 0.347 e. The Hall–Kier alpha value is -2.24. The molecule has 1 aromatic carbocycles. The molecule has 2 heterocycles. The lowest BCUT2D eigenvalue weighted by Crippen LogP contribution is -2.30. The molecule has 1 aliphatic heterocycles. The van der Waals surface area contributed by atoms with Gasteiger partial charge in [0.2, 0.25) is 0 Å². The van der Waals surface area contributed by atoms with E-state index in [2.05, 4.69) is 0 Å². The van der Waals surface area contributed by atoms with Crippen molar-refractivity contribution in [2.45, 2.75) is 26.1 Å². The molecule has 19 heavy (non-hydrogen) atoms. The number of hydrogen-bond donors (Lipinski definition) is 0. The van der Waals surface area contributed by atoms with Crippen molar-refractivity contribution in [1.29, 1.82) is 0 Å². The molecule has 0 aliphatic carbocycles. The largest absolute Gasteiger partial charge is 0.497 e. The van der Waals surface area contributed by atoms with Gasteiger partial charge in [0.1, 0.15) is 5.75 Å². The Balaban J connectivity index is 1.95. The minimum atomic E-state index is -0.224. The number of methoxy groups -OCH3 is 1. The number of benzene rings is 1. The summed E-state index contributed by atoms with van der Waals surface area (Å²) in [4.78, 5) is 24.2. The van der Waals surface area contributed by atoms with E-state index in [-0.39, 0.29) is 11.4 Å². The Bertz CT molecular complexity index is 671. The number of hydrogen-bond acceptors (Lipinski definition) is 3. The highest BCUT2D eigenvalue weighted by Gasteiger charge is 2.19. The highest BCUT2D eigenvalue weighted by molar-refractivity contribution is 5.27. The van der Waals surface area contributed by atoms with Gasteiger partial charge in [-0.1, -0.05) is 12.1 Å². The van der Waals surface area contributed by atoms with Gasteiger partial charge in [0.15, 0.2) is 0 Å². The average molecular weight is 261 g/mol. The Morgan fingerprint density at radius 2 is 1.63 bits per heavy atom. The topological polar surface area (TPSA) is 58.2 Å². The first kappa shape index (κ1) is 11.8. The summed E-state index contributed by atoms with van der Waals surface area (Å²) in [5.74, 6) is 0.757. The Morgan fingerprint density at radius 1 is 1.05 bits per heavy atom. The van der Waals surface area contributed by atoms with Gasteiger partial charge in [-0.05, 0) is 24.1 Å². The van der Waals surface area contributed by atoms with E-state index in [1.165, 1.54) is 13.9 Å². The molecular formula is C13H15N3O3. The summed E-state index contributed by atoms with van der Waals surface area (Å²) in [6.45, 7) is 1.56. The standard InChI is InChI=1S/C13H15N3O3/c1-19-11-5-3-10(4-6-11)9-14-12(17)15-7-2-8-16(15)13(14)18/h3-6H,2,7-9H2,1H3. The summed E-state index contributed by atoms with van der Waals surface area (Å²) < 4.78 is 9.40. The Kier molecular flexibility index (Phi) is 2.77. The summed E-state index contributed by atoms with van der Waals surface area (Å²) >= 11 is 0. The van der Waals surface area contributed by atoms with Crippen LogP contribution >= 0.6 is 0 Å². The van der Waals surface area contributed by atoms with Gasteiger partial charge < -0.3 is 4.74 Å². The van der Waals surface area contributed by atoms with Gasteiger partial charge in [-0.25, -0.2) is 23.5 Å². The van der Waals surface area contributed by atoms with Crippen molar-refractivity contribution >= 4 is 0 Å². The Labute approximate surface area is 109 Å². The quantitative estimate of drug-likeness (QED) is 0.797. The van der Waals surface area contributed by atoms with E-state index >= 15 is 0 Å². The zero-order chi connectivity index (χ0) is 13.4. The third-order valence-electron chi connectivity index (χ3n) is 3.43. The highest BCUT2D eigenvalue weighted by atomic mass is 16.5. The predicted molar refractivity (Wildman–Crippen MR) is 69.7 cm³/mol. The van der Waals surface area contributed by atoms with Crippen LogP contribution in [0, 0.1) is 0 Å². The van der Waals surface area contributed by atoms with Crippen LogP contribution in [0.4, 0.5) is 0 Å². The molecule has 3 rings (SSSR count). The SMILES string of the molecule is COc1ccc(Cn2c(=O)n3n(c2=O)CCC3)cc1. The fourth-order valence-electron chi connectivity index (χ4n) is 2.42. The Morgan fingerprint density at radius 3 is 2.16 bits per heavy atom. The predicted octanol–water partition coefficient (Wildman–Crippen LogP) is 0.272. The number of ether oxygens (including phenoxy) is 1. The fourth-order valence-corrected chi connectivity index (χ4v) is 2.42. The van der Waals surface area contributed by atoms with Gasteiger partial charge in [-0.3, -0.25) is 0 Å². The van der Waals surface area contributed by atoms with E-state index in [9.17, 15) is 9.59 Å². The maximum absolute atomic E-state index is 12.1. The molecule has 6 nitrogen and oxygen atoms in total. The highest BCUT2D eigenvalue weighted by Crippen LogP contribution is 2.11. The van der Waals surface area contributed by atoms with Crippen molar-refractivity contribution < 1.29 is 4.74 Å². The van der Waals surface area contributed by atoms with Crippen LogP contribution in [0.2, 0.25) is 0 Å². The first-order chi connectivity index (χ1) is 9.20. The van der Waals surface area contributed by atoms with Crippen molar-refractivity contribution in [2.75, 3.05) is 7.11 Å². The number of aromatic nitrogens is 3. The molecule has 0 N–H and O–H groups in total. The van der Waals surface area contributed by atoms with E-state index in [4.69, 9.17) is 4.74 Å². The van der Waals surface area contributed by atoms with E-state index < -0.39 is 0 Å². The van der Waals surface area contributed by atoms with Crippen LogP contribution in [0.15, 0.2) is 33.9 Å². The lowest BCUT2D eigenvalue weighted by molar-refractivity contribution is 0.414. The fraction of sp³-hybridized carbons (Fsp3) is 0.385. The third-order valence-corrected chi connectivity index (χ3v) is 3.43. The van der Waals surface area contributed by atoms with E-state index in [1.807, 2.05) is 24.3 Å². The molecule has 0 amide bonds. The van der Waals surface area contributed by atoms with Gasteiger partial charge >= 0.3 is 11.4 Å². The molecule has 0 radical (unpaired) electrons. The van der Waals surface area contributed by atoms with Crippen molar-refractivity contribution in [3.63, 3.8) is 0 Å². The molecule has 0 unspecified atom stereocenters. The molecule has 1 aliphatic rings. The van der Waals surface area contributed by atoms with Crippen LogP contribution in [0.3, 0.4) is 0 Å². The molecule has 0 saturated heterocycles. The van der Waals surface area contributed by atoms with Gasteiger partial charge in [-0.2, -0.15) is 0 Å². The maximum Gasteiger partial charge on any atom is 0.347 e. The van der Waals surface area contributed by atoms with Gasteiger partial charge in [0.05, 0.1) is 13.7 Å². The van der Waals surface area contributed by atoms with Gasteiger partial charge in [0, 0.05) is 13.1 Å². The first-order valence-electron chi connectivity index (χ1n) is 6.24. The third kappa shape index (κ3) is 1.89. The van der Waals surface area contributed by atoms with E-state index in [0.29, 0.717) is 19.6 Å².